The maximum atomic E-state index is 14.2. The van der Waals surface area contributed by atoms with Crippen LogP contribution >= 0.6 is 15.9 Å². The fourth-order valence-corrected chi connectivity index (χ4v) is 2.81. The summed E-state index contributed by atoms with van der Waals surface area (Å²) in [6.07, 6.45) is 0.887. The Kier molecular flexibility index (Phi) is 5.48. The lowest BCUT2D eigenvalue weighted by atomic mass is 9.95. The Morgan fingerprint density at radius 1 is 1.10 bits per heavy atom. The molecule has 21 heavy (non-hydrogen) atoms. The Labute approximate surface area is 132 Å². The molecule has 4 heteroatoms. The molecule has 0 bridgehead atoms. The van der Waals surface area contributed by atoms with Crippen LogP contribution in [0.1, 0.15) is 36.6 Å². The van der Waals surface area contributed by atoms with E-state index in [2.05, 4.69) is 28.2 Å². The van der Waals surface area contributed by atoms with Crippen molar-refractivity contribution in [2.24, 2.45) is 0 Å². The zero-order chi connectivity index (χ0) is 15.4. The van der Waals surface area contributed by atoms with Gasteiger partial charge in [-0.1, -0.05) is 54.0 Å². The van der Waals surface area contributed by atoms with E-state index in [1.807, 2.05) is 31.2 Å². The molecule has 0 aliphatic carbocycles. The van der Waals surface area contributed by atoms with E-state index >= 15 is 0 Å². The molecule has 2 rings (SSSR count). The molecule has 0 radical (unpaired) electrons. The molecule has 0 amide bonds. The molecule has 2 aromatic carbocycles. The highest BCUT2D eigenvalue weighted by atomic mass is 79.9. The van der Waals surface area contributed by atoms with E-state index in [1.165, 1.54) is 12.1 Å². The third-order valence-corrected chi connectivity index (χ3v) is 3.89. The standard InChI is InChI=1S/C17H18BrF2N/c1-3-11-6-5-7-12(8-11)17(21-4-2)16-14(19)9-13(18)10-15(16)20/h5-10,17,21H,3-4H2,1-2H3. The van der Waals surface area contributed by atoms with E-state index in [1.54, 1.807) is 0 Å². The molecule has 0 aliphatic heterocycles. The van der Waals surface area contributed by atoms with Crippen molar-refractivity contribution in [2.45, 2.75) is 26.3 Å². The van der Waals surface area contributed by atoms with Crippen LogP contribution in [-0.4, -0.2) is 6.54 Å². The lowest BCUT2D eigenvalue weighted by Crippen LogP contribution is -2.24. The van der Waals surface area contributed by atoms with E-state index in [0.717, 1.165) is 17.5 Å². The second-order valence-electron chi connectivity index (χ2n) is 4.87. The Morgan fingerprint density at radius 3 is 2.33 bits per heavy atom. The highest BCUT2D eigenvalue weighted by Crippen LogP contribution is 2.29. The predicted octanol–water partition coefficient (Wildman–Crippen LogP) is 4.99. The molecule has 0 aromatic heterocycles. The van der Waals surface area contributed by atoms with Crippen LogP contribution < -0.4 is 5.32 Å². The molecule has 1 atom stereocenters. The number of aryl methyl sites for hydroxylation is 1. The summed E-state index contributed by atoms with van der Waals surface area (Å²) in [6.45, 7) is 4.60. The molecule has 0 spiro atoms. The second-order valence-corrected chi connectivity index (χ2v) is 5.79. The first-order valence-corrected chi connectivity index (χ1v) is 7.82. The zero-order valence-corrected chi connectivity index (χ0v) is 13.7. The van der Waals surface area contributed by atoms with Gasteiger partial charge in [0.05, 0.1) is 6.04 Å². The van der Waals surface area contributed by atoms with Gasteiger partial charge in [-0.25, -0.2) is 8.78 Å². The summed E-state index contributed by atoms with van der Waals surface area (Å²) in [4.78, 5) is 0. The molecule has 0 aliphatic rings. The van der Waals surface area contributed by atoms with Crippen molar-refractivity contribution in [1.29, 1.82) is 0 Å². The summed E-state index contributed by atoms with van der Waals surface area (Å²) in [6, 6.07) is 9.93. The van der Waals surface area contributed by atoms with Gasteiger partial charge in [-0.05, 0) is 36.2 Å². The van der Waals surface area contributed by atoms with Crippen LogP contribution in [0.25, 0.3) is 0 Å². The number of hydrogen-bond donors (Lipinski definition) is 1. The lowest BCUT2D eigenvalue weighted by Gasteiger charge is -2.21. The first kappa shape index (κ1) is 16.1. The van der Waals surface area contributed by atoms with Crippen LogP contribution in [0.5, 0.6) is 0 Å². The summed E-state index contributed by atoms with van der Waals surface area (Å²) in [5.74, 6) is -1.09. The summed E-state index contributed by atoms with van der Waals surface area (Å²) in [7, 11) is 0. The summed E-state index contributed by atoms with van der Waals surface area (Å²) >= 11 is 3.11. The predicted molar refractivity (Wildman–Crippen MR) is 85.4 cm³/mol. The Balaban J connectivity index is 2.53. The van der Waals surface area contributed by atoms with E-state index < -0.39 is 17.7 Å². The molecule has 1 unspecified atom stereocenters. The second kappa shape index (κ2) is 7.14. The maximum absolute atomic E-state index is 14.2. The van der Waals surface area contributed by atoms with Crippen molar-refractivity contribution in [3.63, 3.8) is 0 Å². The van der Waals surface area contributed by atoms with Crippen molar-refractivity contribution in [1.82, 2.24) is 5.32 Å². The third-order valence-electron chi connectivity index (χ3n) is 3.43. The molecule has 0 saturated carbocycles. The van der Waals surface area contributed by atoms with Gasteiger partial charge in [0.1, 0.15) is 11.6 Å². The van der Waals surface area contributed by atoms with Crippen molar-refractivity contribution >= 4 is 15.9 Å². The van der Waals surface area contributed by atoms with E-state index in [-0.39, 0.29) is 5.56 Å². The van der Waals surface area contributed by atoms with Gasteiger partial charge in [0.25, 0.3) is 0 Å². The van der Waals surface area contributed by atoms with Gasteiger partial charge < -0.3 is 5.32 Å². The molecule has 0 heterocycles. The van der Waals surface area contributed by atoms with Crippen LogP contribution in [0.3, 0.4) is 0 Å². The molecule has 2 aromatic rings. The van der Waals surface area contributed by atoms with Crippen LogP contribution in [0.15, 0.2) is 40.9 Å². The van der Waals surface area contributed by atoms with Gasteiger partial charge in [-0.2, -0.15) is 0 Å². The maximum Gasteiger partial charge on any atom is 0.132 e. The van der Waals surface area contributed by atoms with Gasteiger partial charge in [-0.15, -0.1) is 0 Å². The smallest absolute Gasteiger partial charge is 0.132 e. The van der Waals surface area contributed by atoms with Crippen LogP contribution in [0.2, 0.25) is 0 Å². The van der Waals surface area contributed by atoms with Gasteiger partial charge in [0.2, 0.25) is 0 Å². The highest BCUT2D eigenvalue weighted by Gasteiger charge is 2.22. The SMILES string of the molecule is CCNC(c1cccc(CC)c1)c1c(F)cc(Br)cc1F. The normalized spacial score (nSPS) is 12.4. The minimum Gasteiger partial charge on any atom is -0.306 e. The number of rotatable bonds is 5. The van der Waals surface area contributed by atoms with Crippen molar-refractivity contribution < 1.29 is 8.78 Å². The van der Waals surface area contributed by atoms with Crippen LogP contribution in [-0.2, 0) is 6.42 Å². The Bertz CT molecular complexity index is 605. The lowest BCUT2D eigenvalue weighted by molar-refractivity contribution is 0.509. The van der Waals surface area contributed by atoms with Gasteiger partial charge in [0.15, 0.2) is 0 Å². The Hall–Kier alpha value is -1.26. The molecule has 0 fully saturated rings. The topological polar surface area (TPSA) is 12.0 Å². The zero-order valence-electron chi connectivity index (χ0n) is 12.1. The molecule has 0 saturated heterocycles. The van der Waals surface area contributed by atoms with Crippen molar-refractivity contribution in [3.05, 3.63) is 69.2 Å². The highest BCUT2D eigenvalue weighted by molar-refractivity contribution is 9.10. The van der Waals surface area contributed by atoms with E-state index in [9.17, 15) is 8.78 Å². The van der Waals surface area contributed by atoms with Gasteiger partial charge >= 0.3 is 0 Å². The summed E-state index contributed by atoms with van der Waals surface area (Å²) in [5.41, 5.74) is 2.08. The quantitative estimate of drug-likeness (QED) is 0.798. The van der Waals surface area contributed by atoms with E-state index in [0.29, 0.717) is 11.0 Å². The average molecular weight is 354 g/mol. The number of hydrogen-bond acceptors (Lipinski definition) is 1. The number of nitrogens with one attached hydrogen (secondary N) is 1. The molecular weight excluding hydrogens is 336 g/mol. The van der Waals surface area contributed by atoms with Crippen molar-refractivity contribution in [2.75, 3.05) is 6.54 Å². The first-order chi connectivity index (χ1) is 10.1. The molecule has 1 nitrogen and oxygen atoms in total. The molecule has 1 N–H and O–H groups in total. The van der Waals surface area contributed by atoms with Crippen LogP contribution in [0.4, 0.5) is 8.78 Å². The fraction of sp³-hybridized carbons (Fsp3) is 0.294. The monoisotopic (exact) mass is 353 g/mol. The third kappa shape index (κ3) is 3.69. The number of halogens is 3. The Morgan fingerprint density at radius 2 is 1.76 bits per heavy atom. The average Bonchev–Trinajstić information content (AvgIpc) is 2.45. The van der Waals surface area contributed by atoms with Crippen molar-refractivity contribution in [3.8, 4) is 0 Å². The first-order valence-electron chi connectivity index (χ1n) is 7.03. The minimum atomic E-state index is -0.547. The largest absolute Gasteiger partial charge is 0.306 e. The van der Waals surface area contributed by atoms with E-state index in [4.69, 9.17) is 0 Å². The van der Waals surface area contributed by atoms with Crippen LogP contribution in [0, 0.1) is 11.6 Å². The van der Waals surface area contributed by atoms with Gasteiger partial charge in [0, 0.05) is 10.0 Å². The molecular formula is C17H18BrF2N. The summed E-state index contributed by atoms with van der Waals surface area (Å²) in [5, 5.41) is 3.17. The fourth-order valence-electron chi connectivity index (χ4n) is 2.41. The minimum absolute atomic E-state index is 0.0632. The molecule has 112 valence electrons. The van der Waals surface area contributed by atoms with Gasteiger partial charge in [-0.3, -0.25) is 0 Å². The summed E-state index contributed by atoms with van der Waals surface area (Å²) < 4.78 is 28.9. The number of benzene rings is 2.